The maximum absolute atomic E-state index is 13.7. The number of phenolic OH excluding ortho intramolecular Hbond substituents is 1. The first kappa shape index (κ1) is 27.1. The Balaban J connectivity index is 1.83. The zero-order chi connectivity index (χ0) is 28.5. The van der Waals surface area contributed by atoms with Crippen molar-refractivity contribution in [3.8, 4) is 5.75 Å². The van der Waals surface area contributed by atoms with Gasteiger partial charge in [0.15, 0.2) is 11.4 Å². The summed E-state index contributed by atoms with van der Waals surface area (Å²) in [6.45, 7) is 7.25. The molecular weight excluding hydrogens is 500 g/mol. The van der Waals surface area contributed by atoms with Gasteiger partial charge in [0.1, 0.15) is 22.8 Å². The Bertz CT molecular complexity index is 1340. The molecule has 0 heterocycles. The molecule has 0 aromatic heterocycles. The summed E-state index contributed by atoms with van der Waals surface area (Å²) in [4.78, 5) is 50.2. The lowest BCUT2D eigenvalue weighted by Gasteiger charge is -2.50. The van der Waals surface area contributed by atoms with Crippen LogP contribution >= 0.6 is 0 Å². The Morgan fingerprint density at radius 2 is 1.82 bits per heavy atom. The number of anilines is 1. The van der Waals surface area contributed by atoms with E-state index in [4.69, 9.17) is 10.5 Å². The highest BCUT2D eigenvalue weighted by Crippen LogP contribution is 2.56. The van der Waals surface area contributed by atoms with Crippen LogP contribution in [0.1, 0.15) is 51.2 Å². The molecule has 3 aliphatic rings. The second kappa shape index (κ2) is 8.84. The van der Waals surface area contributed by atoms with E-state index >= 15 is 0 Å². The third kappa shape index (κ3) is 3.91. The van der Waals surface area contributed by atoms with E-state index in [-0.39, 0.29) is 23.3 Å². The van der Waals surface area contributed by atoms with Gasteiger partial charge in [-0.1, -0.05) is 33.8 Å². The standard InChI is InChI=1S/C26H30N2O10/c1-9-10-5-6-12(28-24(36)38-8-25(2,3)4)19(31)15(10)20(32)17-14(9)18(30)11-7-13(29)16(23(27)35)21(33)26(11,37)22(17)34/h5-6,9,11,14,18,30-33,37H,7-8H2,1-4H3,(H2,27,35)(H,28,36)/t9-,11+,14+,18+,26+/m0/s1. The quantitative estimate of drug-likeness (QED) is 0.221. The predicted octanol–water partition coefficient (Wildman–Crippen LogP) is 1.55. The number of carbonyl (C=O) groups is 4. The number of amides is 2. The number of primary amides is 1. The Kier molecular flexibility index (Phi) is 6.32. The Hall–Kier alpha value is -3.90. The highest BCUT2D eigenvalue weighted by molar-refractivity contribution is 6.23. The Morgan fingerprint density at radius 3 is 2.39 bits per heavy atom. The molecule has 1 aromatic carbocycles. The van der Waals surface area contributed by atoms with Crippen molar-refractivity contribution in [2.75, 3.05) is 11.9 Å². The van der Waals surface area contributed by atoms with Crippen LogP contribution < -0.4 is 11.1 Å². The van der Waals surface area contributed by atoms with Crippen molar-refractivity contribution in [3.05, 3.63) is 40.2 Å². The zero-order valence-electron chi connectivity index (χ0n) is 21.2. The molecule has 204 valence electrons. The molecular formula is C26H30N2O10. The van der Waals surface area contributed by atoms with E-state index in [2.05, 4.69) is 5.32 Å². The van der Waals surface area contributed by atoms with E-state index in [0.717, 1.165) is 0 Å². The highest BCUT2D eigenvalue weighted by atomic mass is 16.5. The molecule has 3 aliphatic carbocycles. The molecule has 0 spiro atoms. The topological polar surface area (TPSA) is 217 Å². The van der Waals surface area contributed by atoms with E-state index in [1.165, 1.54) is 12.1 Å². The second-order valence-corrected chi connectivity index (χ2v) is 11.2. The molecule has 8 N–H and O–H groups in total. The molecule has 0 bridgehead atoms. The summed E-state index contributed by atoms with van der Waals surface area (Å²) in [6, 6.07) is 2.85. The molecule has 38 heavy (non-hydrogen) atoms. The number of nitrogens with two attached hydrogens (primary N) is 1. The molecule has 4 rings (SSSR count). The average molecular weight is 531 g/mol. The fourth-order valence-corrected chi connectivity index (χ4v) is 5.53. The van der Waals surface area contributed by atoms with Gasteiger partial charge in [0.2, 0.25) is 5.78 Å². The second-order valence-electron chi connectivity index (χ2n) is 11.2. The van der Waals surface area contributed by atoms with Crippen molar-refractivity contribution in [1.82, 2.24) is 0 Å². The van der Waals surface area contributed by atoms with Crippen molar-refractivity contribution in [3.63, 3.8) is 0 Å². The van der Waals surface area contributed by atoms with Crippen LogP contribution in [-0.2, 0) is 19.1 Å². The fourth-order valence-electron chi connectivity index (χ4n) is 5.53. The summed E-state index contributed by atoms with van der Waals surface area (Å²) >= 11 is 0. The molecule has 2 amide bonds. The third-order valence-electron chi connectivity index (χ3n) is 7.37. The lowest BCUT2D eigenvalue weighted by molar-refractivity contribution is -0.160. The monoisotopic (exact) mass is 530 g/mol. The van der Waals surface area contributed by atoms with E-state index < -0.39 is 87.9 Å². The van der Waals surface area contributed by atoms with Gasteiger partial charge in [0.05, 0.1) is 24.0 Å². The highest BCUT2D eigenvalue weighted by Gasteiger charge is 2.64. The van der Waals surface area contributed by atoms with Gasteiger partial charge in [-0.2, -0.15) is 0 Å². The van der Waals surface area contributed by atoms with Gasteiger partial charge in [-0.25, -0.2) is 4.79 Å². The molecule has 0 aliphatic heterocycles. The van der Waals surface area contributed by atoms with Crippen LogP contribution in [0.15, 0.2) is 29.0 Å². The number of rotatable bonds is 3. The SMILES string of the molecule is C[C@H]1c2ccc(NC(=O)OCC(C)(C)C)c(O)c2C(O)=C2C(=O)[C@]3(O)C(O)=C(C(N)=O)C(=O)C[C@@H]3[C@@H](O)[C@@H]21. The zero-order valence-corrected chi connectivity index (χ0v) is 21.2. The van der Waals surface area contributed by atoms with Crippen molar-refractivity contribution in [1.29, 1.82) is 0 Å². The first-order chi connectivity index (χ1) is 17.5. The number of ether oxygens (including phenoxy) is 1. The lowest BCUT2D eigenvalue weighted by Crippen LogP contribution is -2.63. The summed E-state index contributed by atoms with van der Waals surface area (Å²) in [6.07, 6.45) is -3.14. The van der Waals surface area contributed by atoms with Crippen LogP contribution in [0.25, 0.3) is 5.76 Å². The van der Waals surface area contributed by atoms with Gasteiger partial charge in [-0.3, -0.25) is 19.7 Å². The maximum atomic E-state index is 13.7. The molecule has 1 aromatic rings. The average Bonchev–Trinajstić information content (AvgIpc) is 2.81. The molecule has 5 atom stereocenters. The van der Waals surface area contributed by atoms with Gasteiger partial charge < -0.3 is 36.0 Å². The maximum Gasteiger partial charge on any atom is 0.411 e. The summed E-state index contributed by atoms with van der Waals surface area (Å²) in [5, 5.41) is 57.8. The van der Waals surface area contributed by atoms with Gasteiger partial charge in [0.25, 0.3) is 5.91 Å². The van der Waals surface area contributed by atoms with Crippen molar-refractivity contribution in [2.45, 2.75) is 51.7 Å². The van der Waals surface area contributed by atoms with Gasteiger partial charge in [0, 0.05) is 23.8 Å². The number of benzene rings is 1. The summed E-state index contributed by atoms with van der Waals surface area (Å²) in [7, 11) is 0. The number of aromatic hydroxyl groups is 1. The minimum Gasteiger partial charge on any atom is -0.508 e. The smallest absolute Gasteiger partial charge is 0.411 e. The lowest BCUT2D eigenvalue weighted by atomic mass is 9.55. The fraction of sp³-hybridized carbons (Fsp3) is 0.462. The molecule has 0 unspecified atom stereocenters. The van der Waals surface area contributed by atoms with E-state index in [0.29, 0.717) is 5.56 Å². The molecule has 0 radical (unpaired) electrons. The number of aliphatic hydroxyl groups is 4. The number of aliphatic hydroxyl groups excluding tert-OH is 3. The van der Waals surface area contributed by atoms with Gasteiger partial charge in [-0.05, 0) is 23.0 Å². The molecule has 12 nitrogen and oxygen atoms in total. The van der Waals surface area contributed by atoms with Crippen LogP contribution in [0.2, 0.25) is 0 Å². The van der Waals surface area contributed by atoms with E-state index in [1.54, 1.807) is 6.92 Å². The molecule has 12 heteroatoms. The normalized spacial score (nSPS) is 28.9. The number of Topliss-reactive ketones (excluding diaryl/α,β-unsaturated/α-hetero) is 2. The van der Waals surface area contributed by atoms with Crippen LogP contribution in [0, 0.1) is 17.3 Å². The van der Waals surface area contributed by atoms with Crippen molar-refractivity contribution in [2.24, 2.45) is 23.0 Å². The van der Waals surface area contributed by atoms with Crippen LogP contribution in [0.4, 0.5) is 10.5 Å². The minimum absolute atomic E-state index is 0.0808. The first-order valence-electron chi connectivity index (χ1n) is 12.0. The van der Waals surface area contributed by atoms with Crippen molar-refractivity contribution < 1.29 is 49.4 Å². The number of fused-ring (bicyclic) bond motifs is 3. The predicted molar refractivity (Wildman–Crippen MR) is 132 cm³/mol. The summed E-state index contributed by atoms with van der Waals surface area (Å²) in [5.74, 6) is -9.64. The number of hydrogen-bond acceptors (Lipinski definition) is 10. The third-order valence-corrected chi connectivity index (χ3v) is 7.37. The summed E-state index contributed by atoms with van der Waals surface area (Å²) < 4.78 is 5.14. The number of nitrogens with one attached hydrogen (secondary N) is 1. The molecule has 0 saturated heterocycles. The number of phenols is 1. The van der Waals surface area contributed by atoms with Crippen molar-refractivity contribution >= 4 is 35.0 Å². The number of hydrogen-bond donors (Lipinski definition) is 7. The van der Waals surface area contributed by atoms with Crippen LogP contribution in [0.5, 0.6) is 5.75 Å². The summed E-state index contributed by atoms with van der Waals surface area (Å²) in [5.41, 5.74) is 0.413. The van der Waals surface area contributed by atoms with Crippen LogP contribution in [0.3, 0.4) is 0 Å². The minimum atomic E-state index is -2.92. The van der Waals surface area contributed by atoms with Gasteiger partial charge >= 0.3 is 6.09 Å². The first-order valence-corrected chi connectivity index (χ1v) is 12.0. The Labute approximate surface area is 217 Å². The Morgan fingerprint density at radius 1 is 1.18 bits per heavy atom. The van der Waals surface area contributed by atoms with E-state index in [1.807, 2.05) is 20.8 Å². The number of ketones is 2. The van der Waals surface area contributed by atoms with Crippen LogP contribution in [-0.4, -0.2) is 67.4 Å². The van der Waals surface area contributed by atoms with Gasteiger partial charge in [-0.15, -0.1) is 0 Å². The largest absolute Gasteiger partial charge is 0.508 e. The molecule has 1 saturated carbocycles. The molecule has 1 fully saturated rings. The van der Waals surface area contributed by atoms with E-state index in [9.17, 15) is 44.7 Å². The number of carbonyl (C=O) groups excluding carboxylic acids is 4.